The molecule has 0 saturated carbocycles. The molecule has 0 aromatic rings. The Morgan fingerprint density at radius 1 is 1.23 bits per heavy atom. The Morgan fingerprint density at radius 3 is 2.73 bits per heavy atom. The van der Waals surface area contributed by atoms with E-state index in [1.54, 1.807) is 0 Å². The maximum Gasteiger partial charge on any atom is 0.318 e. The van der Waals surface area contributed by atoms with E-state index < -0.39 is 5.97 Å². The van der Waals surface area contributed by atoms with E-state index in [1.165, 1.54) is 0 Å². The fraction of sp³-hybridized carbons (Fsp3) is 0.833. The third-order valence-corrected chi connectivity index (χ3v) is 6.58. The second kappa shape index (κ2) is 10.6. The van der Waals surface area contributed by atoms with Gasteiger partial charge in [0.2, 0.25) is 5.91 Å². The second-order valence-electron chi connectivity index (χ2n) is 7.00. The Balaban J connectivity index is 1.53. The summed E-state index contributed by atoms with van der Waals surface area (Å²) in [6, 6.07) is 0.648. The lowest BCUT2D eigenvalue weighted by atomic mass is 10.0. The van der Waals surface area contributed by atoms with Gasteiger partial charge in [0.1, 0.15) is 0 Å². The number of nitrogens with zero attached hydrogens (tertiary/aromatic N) is 1. The molecule has 7 nitrogen and oxygen atoms in total. The molecule has 2 fully saturated rings. The van der Waals surface area contributed by atoms with E-state index >= 15 is 0 Å². The van der Waals surface area contributed by atoms with Gasteiger partial charge in [-0.15, -0.1) is 0 Å². The first-order chi connectivity index (χ1) is 12.5. The molecule has 2 heterocycles. The Bertz CT molecular complexity index is 503. The van der Waals surface area contributed by atoms with Crippen LogP contribution in [0.4, 0.5) is 4.79 Å². The monoisotopic (exact) mass is 385 g/mol. The summed E-state index contributed by atoms with van der Waals surface area (Å²) in [4.78, 5) is 36.1. The summed E-state index contributed by atoms with van der Waals surface area (Å²) in [6.45, 7) is 3.40. The van der Waals surface area contributed by atoms with Crippen molar-refractivity contribution in [1.29, 1.82) is 0 Å². The van der Waals surface area contributed by atoms with E-state index in [0.717, 1.165) is 44.4 Å². The molecule has 0 aromatic carbocycles. The molecular weight excluding hydrogens is 354 g/mol. The maximum absolute atomic E-state index is 11.9. The quantitative estimate of drug-likeness (QED) is 0.353. The summed E-state index contributed by atoms with van der Waals surface area (Å²) in [6.07, 6.45) is 5.97. The van der Waals surface area contributed by atoms with Crippen LogP contribution in [0.1, 0.15) is 58.3 Å². The highest BCUT2D eigenvalue weighted by Crippen LogP contribution is 2.37. The lowest BCUT2D eigenvalue weighted by molar-refractivity contribution is -0.137. The number of fused-ring (bicyclic) bond motifs is 1. The van der Waals surface area contributed by atoms with Gasteiger partial charge in [0.05, 0.1) is 12.1 Å². The highest BCUT2D eigenvalue weighted by Gasteiger charge is 2.47. The van der Waals surface area contributed by atoms with E-state index in [9.17, 15) is 14.4 Å². The van der Waals surface area contributed by atoms with Crippen LogP contribution >= 0.6 is 11.8 Å². The molecular formula is C18H31N3O4S. The Morgan fingerprint density at radius 2 is 2.00 bits per heavy atom. The highest BCUT2D eigenvalue weighted by atomic mass is 32.2. The normalized spacial score (nSPS) is 24.4. The molecule has 2 aliphatic rings. The third-order valence-electron chi connectivity index (χ3n) is 5.09. The van der Waals surface area contributed by atoms with E-state index in [-0.39, 0.29) is 24.4 Å². The van der Waals surface area contributed by atoms with Crippen molar-refractivity contribution in [2.75, 3.05) is 18.8 Å². The molecule has 3 N–H and O–H groups in total. The van der Waals surface area contributed by atoms with Gasteiger partial charge in [0, 0.05) is 36.9 Å². The van der Waals surface area contributed by atoms with Crippen LogP contribution in [0.2, 0.25) is 0 Å². The van der Waals surface area contributed by atoms with Gasteiger partial charge in [-0.25, -0.2) is 4.79 Å². The highest BCUT2D eigenvalue weighted by molar-refractivity contribution is 8.00. The standard InChI is InChI=1S/C18H31N3O4S/c1-2-21-17-13(20-18(21)25)12-26-14(17)8-5-6-9-15(22)19-11-7-3-4-10-16(23)24/h13-14,17H,2-12H2,1H3,(H,19,22)(H,20,25)(H,23,24)/t13?,14-,17?/m0/s1. The fourth-order valence-electron chi connectivity index (χ4n) is 3.74. The molecule has 3 amide bonds. The fourth-order valence-corrected chi connectivity index (χ4v) is 5.34. The number of amides is 3. The molecule has 0 bridgehead atoms. The van der Waals surface area contributed by atoms with Crippen LogP contribution in [0.25, 0.3) is 0 Å². The number of rotatable bonds is 12. The number of aliphatic carboxylic acids is 1. The minimum atomic E-state index is -0.763. The van der Waals surface area contributed by atoms with E-state index in [0.29, 0.717) is 30.7 Å². The number of unbranched alkanes of at least 4 members (excludes halogenated alkanes) is 3. The van der Waals surface area contributed by atoms with Crippen LogP contribution in [-0.2, 0) is 9.59 Å². The van der Waals surface area contributed by atoms with Crippen molar-refractivity contribution in [3.05, 3.63) is 0 Å². The molecule has 0 radical (unpaired) electrons. The molecule has 8 heteroatoms. The van der Waals surface area contributed by atoms with E-state index in [1.807, 2.05) is 23.6 Å². The van der Waals surface area contributed by atoms with Crippen molar-refractivity contribution in [1.82, 2.24) is 15.5 Å². The number of hydrogen-bond donors (Lipinski definition) is 3. The van der Waals surface area contributed by atoms with Gasteiger partial charge in [-0.2, -0.15) is 11.8 Å². The average molecular weight is 386 g/mol. The molecule has 2 aliphatic heterocycles. The van der Waals surface area contributed by atoms with Gasteiger partial charge in [0.15, 0.2) is 0 Å². The van der Waals surface area contributed by atoms with Crippen molar-refractivity contribution in [2.45, 2.75) is 75.6 Å². The number of carboxylic acids is 1. The molecule has 148 valence electrons. The summed E-state index contributed by atoms with van der Waals surface area (Å²) in [5.74, 6) is 0.300. The van der Waals surface area contributed by atoms with Crippen molar-refractivity contribution in [3.8, 4) is 0 Å². The van der Waals surface area contributed by atoms with Crippen molar-refractivity contribution in [3.63, 3.8) is 0 Å². The molecule has 2 rings (SSSR count). The molecule has 26 heavy (non-hydrogen) atoms. The number of urea groups is 1. The lowest BCUT2D eigenvalue weighted by Crippen LogP contribution is -2.40. The zero-order valence-electron chi connectivity index (χ0n) is 15.5. The van der Waals surface area contributed by atoms with Crippen LogP contribution in [0.15, 0.2) is 0 Å². The number of carbonyl (C=O) groups excluding carboxylic acids is 2. The summed E-state index contributed by atoms with van der Waals surface area (Å²) >= 11 is 1.94. The van der Waals surface area contributed by atoms with Gasteiger partial charge >= 0.3 is 12.0 Å². The predicted molar refractivity (Wildman–Crippen MR) is 102 cm³/mol. The molecule has 0 aromatic heterocycles. The van der Waals surface area contributed by atoms with Crippen LogP contribution in [0.5, 0.6) is 0 Å². The van der Waals surface area contributed by atoms with Gasteiger partial charge in [-0.05, 0) is 32.6 Å². The number of carbonyl (C=O) groups is 3. The second-order valence-corrected chi connectivity index (χ2v) is 8.28. The van der Waals surface area contributed by atoms with Crippen LogP contribution in [-0.4, -0.2) is 64.1 Å². The summed E-state index contributed by atoms with van der Waals surface area (Å²) in [7, 11) is 0. The molecule has 0 aliphatic carbocycles. The van der Waals surface area contributed by atoms with Crippen molar-refractivity contribution < 1.29 is 19.5 Å². The van der Waals surface area contributed by atoms with Gasteiger partial charge in [-0.1, -0.05) is 12.8 Å². The number of carboxylic acid groups (broad SMARTS) is 1. The maximum atomic E-state index is 11.9. The first-order valence-corrected chi connectivity index (χ1v) is 10.7. The largest absolute Gasteiger partial charge is 0.481 e. The number of likely N-dealkylation sites (N-methyl/N-ethyl adjacent to an activating group) is 1. The molecule has 2 saturated heterocycles. The van der Waals surface area contributed by atoms with Crippen LogP contribution < -0.4 is 10.6 Å². The minimum absolute atomic E-state index is 0.0653. The minimum Gasteiger partial charge on any atom is -0.481 e. The van der Waals surface area contributed by atoms with E-state index in [2.05, 4.69) is 10.6 Å². The first-order valence-electron chi connectivity index (χ1n) is 9.70. The smallest absolute Gasteiger partial charge is 0.318 e. The topological polar surface area (TPSA) is 98.7 Å². The predicted octanol–water partition coefficient (Wildman–Crippen LogP) is 2.21. The Kier molecular flexibility index (Phi) is 8.54. The zero-order valence-corrected chi connectivity index (χ0v) is 16.4. The number of hydrogen-bond acceptors (Lipinski definition) is 4. The SMILES string of the molecule is CCN1C(=O)NC2CS[C@@H](CCCCC(=O)NCCCCCC(=O)O)C21. The zero-order chi connectivity index (χ0) is 18.9. The first kappa shape index (κ1) is 20.9. The Labute approximate surface area is 159 Å². The lowest BCUT2D eigenvalue weighted by Gasteiger charge is -2.26. The van der Waals surface area contributed by atoms with Crippen LogP contribution in [0, 0.1) is 0 Å². The van der Waals surface area contributed by atoms with Gasteiger partial charge < -0.3 is 20.6 Å². The number of nitrogens with one attached hydrogen (secondary N) is 2. The Hall–Kier alpha value is -1.44. The average Bonchev–Trinajstić information content (AvgIpc) is 3.12. The summed E-state index contributed by atoms with van der Waals surface area (Å²) < 4.78 is 0. The number of thioether (sulfide) groups is 1. The van der Waals surface area contributed by atoms with Crippen molar-refractivity contribution >= 4 is 29.7 Å². The van der Waals surface area contributed by atoms with Crippen molar-refractivity contribution in [2.24, 2.45) is 0 Å². The van der Waals surface area contributed by atoms with E-state index in [4.69, 9.17) is 5.11 Å². The van der Waals surface area contributed by atoms with Gasteiger partial charge in [-0.3, -0.25) is 9.59 Å². The summed E-state index contributed by atoms with van der Waals surface area (Å²) in [5, 5.41) is 15.0. The van der Waals surface area contributed by atoms with Gasteiger partial charge in [0.25, 0.3) is 0 Å². The molecule has 0 spiro atoms. The molecule has 3 atom stereocenters. The molecule has 2 unspecified atom stereocenters. The van der Waals surface area contributed by atoms with Crippen LogP contribution in [0.3, 0.4) is 0 Å². The third kappa shape index (κ3) is 6.07. The summed E-state index contributed by atoms with van der Waals surface area (Å²) in [5.41, 5.74) is 0.